The van der Waals surface area contributed by atoms with Crippen LogP contribution in [-0.4, -0.2) is 56.8 Å². The van der Waals surface area contributed by atoms with Crippen LogP contribution in [0.2, 0.25) is 0 Å². The molecule has 1 aromatic rings. The van der Waals surface area contributed by atoms with Crippen molar-refractivity contribution in [2.45, 2.75) is 0 Å². The second-order valence-corrected chi connectivity index (χ2v) is 4.73. The molecule has 0 spiro atoms. The Morgan fingerprint density at radius 1 is 1.33 bits per heavy atom. The number of amides is 1. The van der Waals surface area contributed by atoms with E-state index in [1.165, 1.54) is 0 Å². The van der Waals surface area contributed by atoms with Crippen LogP contribution in [0.1, 0.15) is 5.56 Å². The molecule has 0 aliphatic carbocycles. The van der Waals surface area contributed by atoms with Crippen LogP contribution in [0.25, 0.3) is 0 Å². The van der Waals surface area contributed by atoms with Crippen molar-refractivity contribution < 1.29 is 14.3 Å². The monoisotopic (exact) mass is 289 g/mol. The number of carbonyl (C=O) groups excluding carboxylic acids is 1. The molecule has 1 heterocycles. The molecule has 1 aromatic carbocycles. The Kier molecular flexibility index (Phi) is 6.00. The Morgan fingerprint density at radius 3 is 2.71 bits per heavy atom. The minimum atomic E-state index is -0.146. The van der Waals surface area contributed by atoms with Crippen LogP contribution in [0.3, 0.4) is 0 Å². The summed E-state index contributed by atoms with van der Waals surface area (Å²) in [5.41, 5.74) is 0.567. The number of morpholine rings is 1. The summed E-state index contributed by atoms with van der Waals surface area (Å²) >= 11 is 0. The maximum atomic E-state index is 11.6. The SMILES string of the molecule is N#Cc1ccc(OCC(=O)NCCN2CCOCC2)cc1. The number of rotatable bonds is 6. The summed E-state index contributed by atoms with van der Waals surface area (Å²) in [4.78, 5) is 13.9. The van der Waals surface area contributed by atoms with Crippen LogP contribution in [0, 0.1) is 11.3 Å². The van der Waals surface area contributed by atoms with E-state index in [0.29, 0.717) is 17.9 Å². The van der Waals surface area contributed by atoms with E-state index in [1.807, 2.05) is 6.07 Å². The van der Waals surface area contributed by atoms with Gasteiger partial charge in [0.25, 0.3) is 5.91 Å². The lowest BCUT2D eigenvalue weighted by molar-refractivity contribution is -0.123. The quantitative estimate of drug-likeness (QED) is 0.820. The third-order valence-electron chi connectivity index (χ3n) is 3.21. The van der Waals surface area contributed by atoms with E-state index in [0.717, 1.165) is 32.8 Å². The van der Waals surface area contributed by atoms with Gasteiger partial charge in [-0.25, -0.2) is 0 Å². The maximum absolute atomic E-state index is 11.6. The third kappa shape index (κ3) is 5.42. The molecule has 1 fully saturated rings. The smallest absolute Gasteiger partial charge is 0.257 e. The van der Waals surface area contributed by atoms with Crippen molar-refractivity contribution in [3.63, 3.8) is 0 Å². The van der Waals surface area contributed by atoms with Gasteiger partial charge in [-0.15, -0.1) is 0 Å². The average molecular weight is 289 g/mol. The molecule has 1 aliphatic rings. The average Bonchev–Trinajstić information content (AvgIpc) is 2.54. The van der Waals surface area contributed by atoms with Gasteiger partial charge >= 0.3 is 0 Å². The Labute approximate surface area is 124 Å². The molecule has 0 unspecified atom stereocenters. The van der Waals surface area contributed by atoms with Gasteiger partial charge in [-0.05, 0) is 24.3 Å². The first-order valence-corrected chi connectivity index (χ1v) is 6.98. The van der Waals surface area contributed by atoms with Crippen molar-refractivity contribution in [3.05, 3.63) is 29.8 Å². The molecule has 112 valence electrons. The van der Waals surface area contributed by atoms with Crippen LogP contribution in [-0.2, 0) is 9.53 Å². The number of hydrogen-bond donors (Lipinski definition) is 1. The van der Waals surface area contributed by atoms with E-state index < -0.39 is 0 Å². The number of nitriles is 1. The van der Waals surface area contributed by atoms with Gasteiger partial charge < -0.3 is 14.8 Å². The Bertz CT molecular complexity index is 490. The van der Waals surface area contributed by atoms with Crippen LogP contribution in [0.5, 0.6) is 5.75 Å². The summed E-state index contributed by atoms with van der Waals surface area (Å²) < 4.78 is 10.6. The van der Waals surface area contributed by atoms with Gasteiger partial charge in [-0.3, -0.25) is 9.69 Å². The van der Waals surface area contributed by atoms with Crippen molar-refractivity contribution in [3.8, 4) is 11.8 Å². The second kappa shape index (κ2) is 8.25. The predicted molar refractivity (Wildman–Crippen MR) is 76.9 cm³/mol. The molecule has 1 saturated heterocycles. The lowest BCUT2D eigenvalue weighted by Gasteiger charge is -2.26. The van der Waals surface area contributed by atoms with Crippen molar-refractivity contribution in [2.24, 2.45) is 0 Å². The van der Waals surface area contributed by atoms with Gasteiger partial charge in [0.1, 0.15) is 5.75 Å². The molecular weight excluding hydrogens is 270 g/mol. The van der Waals surface area contributed by atoms with Gasteiger partial charge in [0, 0.05) is 26.2 Å². The summed E-state index contributed by atoms with van der Waals surface area (Å²) in [6, 6.07) is 8.71. The minimum Gasteiger partial charge on any atom is -0.484 e. The fourth-order valence-electron chi connectivity index (χ4n) is 2.00. The minimum absolute atomic E-state index is 0.0188. The standard InChI is InChI=1S/C15H19N3O3/c16-11-13-1-3-14(4-2-13)21-12-15(19)17-5-6-18-7-9-20-10-8-18/h1-4H,5-10,12H2,(H,17,19). The maximum Gasteiger partial charge on any atom is 0.257 e. The predicted octanol–water partition coefficient (Wildman–Crippen LogP) is 0.385. The van der Waals surface area contributed by atoms with Gasteiger partial charge in [0.2, 0.25) is 0 Å². The molecule has 1 aliphatic heterocycles. The molecule has 0 bridgehead atoms. The number of ether oxygens (including phenoxy) is 2. The fraction of sp³-hybridized carbons (Fsp3) is 0.467. The van der Waals surface area contributed by atoms with Crippen molar-refractivity contribution in [1.29, 1.82) is 5.26 Å². The molecule has 0 atom stereocenters. The van der Waals surface area contributed by atoms with E-state index in [1.54, 1.807) is 24.3 Å². The highest BCUT2D eigenvalue weighted by Crippen LogP contribution is 2.11. The number of carbonyl (C=O) groups is 1. The molecule has 6 nitrogen and oxygen atoms in total. The number of nitrogens with zero attached hydrogens (tertiary/aromatic N) is 2. The first-order valence-electron chi connectivity index (χ1n) is 6.98. The molecule has 1 amide bonds. The molecule has 0 saturated carbocycles. The van der Waals surface area contributed by atoms with E-state index in [4.69, 9.17) is 14.7 Å². The molecule has 21 heavy (non-hydrogen) atoms. The van der Waals surface area contributed by atoms with Crippen molar-refractivity contribution in [1.82, 2.24) is 10.2 Å². The number of hydrogen-bond acceptors (Lipinski definition) is 5. The van der Waals surface area contributed by atoms with Crippen molar-refractivity contribution >= 4 is 5.91 Å². The Hall–Kier alpha value is -2.10. The largest absolute Gasteiger partial charge is 0.484 e. The Morgan fingerprint density at radius 2 is 2.05 bits per heavy atom. The van der Waals surface area contributed by atoms with Crippen LogP contribution >= 0.6 is 0 Å². The van der Waals surface area contributed by atoms with Gasteiger partial charge in [0.15, 0.2) is 6.61 Å². The van der Waals surface area contributed by atoms with Gasteiger partial charge in [-0.2, -0.15) is 5.26 Å². The highest BCUT2D eigenvalue weighted by Gasteiger charge is 2.10. The zero-order chi connectivity index (χ0) is 14.9. The normalized spacial score (nSPS) is 15.2. The lowest BCUT2D eigenvalue weighted by atomic mass is 10.2. The van der Waals surface area contributed by atoms with Gasteiger partial charge in [-0.1, -0.05) is 0 Å². The molecule has 0 aromatic heterocycles. The Balaban J connectivity index is 1.61. The first-order chi connectivity index (χ1) is 10.3. The third-order valence-corrected chi connectivity index (χ3v) is 3.21. The fourth-order valence-corrected chi connectivity index (χ4v) is 2.00. The van der Waals surface area contributed by atoms with E-state index >= 15 is 0 Å². The van der Waals surface area contributed by atoms with Crippen LogP contribution in [0.4, 0.5) is 0 Å². The highest BCUT2D eigenvalue weighted by molar-refractivity contribution is 5.77. The molecule has 6 heteroatoms. The molecular formula is C15H19N3O3. The number of nitrogens with one attached hydrogen (secondary N) is 1. The van der Waals surface area contributed by atoms with E-state index in [-0.39, 0.29) is 12.5 Å². The summed E-state index contributed by atoms with van der Waals surface area (Å²) in [6.07, 6.45) is 0. The summed E-state index contributed by atoms with van der Waals surface area (Å²) in [7, 11) is 0. The second-order valence-electron chi connectivity index (χ2n) is 4.73. The topological polar surface area (TPSA) is 74.6 Å². The first kappa shape index (κ1) is 15.3. The number of benzene rings is 1. The van der Waals surface area contributed by atoms with E-state index in [9.17, 15) is 4.79 Å². The van der Waals surface area contributed by atoms with Crippen molar-refractivity contribution in [2.75, 3.05) is 46.0 Å². The summed E-state index contributed by atoms with van der Waals surface area (Å²) in [6.45, 7) is 4.76. The zero-order valence-electron chi connectivity index (χ0n) is 11.9. The highest BCUT2D eigenvalue weighted by atomic mass is 16.5. The molecule has 0 radical (unpaired) electrons. The summed E-state index contributed by atoms with van der Waals surface area (Å²) in [5, 5.41) is 11.5. The summed E-state index contributed by atoms with van der Waals surface area (Å²) in [5.74, 6) is 0.435. The van der Waals surface area contributed by atoms with Gasteiger partial charge in [0.05, 0.1) is 24.8 Å². The zero-order valence-corrected chi connectivity index (χ0v) is 11.9. The molecule has 2 rings (SSSR count). The van der Waals surface area contributed by atoms with Crippen LogP contribution < -0.4 is 10.1 Å². The van der Waals surface area contributed by atoms with Crippen LogP contribution in [0.15, 0.2) is 24.3 Å². The van der Waals surface area contributed by atoms with E-state index in [2.05, 4.69) is 10.2 Å². The molecule has 1 N–H and O–H groups in total. The lowest BCUT2D eigenvalue weighted by Crippen LogP contribution is -2.42.